The lowest BCUT2D eigenvalue weighted by Crippen LogP contribution is -2.43. The van der Waals surface area contributed by atoms with Crippen molar-refractivity contribution in [3.63, 3.8) is 0 Å². The topological polar surface area (TPSA) is 98.7 Å². The molecule has 32 heavy (non-hydrogen) atoms. The van der Waals surface area contributed by atoms with E-state index in [4.69, 9.17) is 0 Å². The summed E-state index contributed by atoms with van der Waals surface area (Å²) >= 11 is 1.14. The first-order valence-electron chi connectivity index (χ1n) is 10.4. The number of thiazole rings is 1. The van der Waals surface area contributed by atoms with Crippen molar-refractivity contribution in [1.82, 2.24) is 19.8 Å². The molecule has 4 rings (SSSR count). The normalized spacial score (nSPS) is 14.9. The summed E-state index contributed by atoms with van der Waals surface area (Å²) in [6, 6.07) is 9.23. The summed E-state index contributed by atoms with van der Waals surface area (Å²) in [5.74, 6) is -1.54. The third kappa shape index (κ3) is 5.01. The summed E-state index contributed by atoms with van der Waals surface area (Å²) in [6.07, 6.45) is 3.32. The van der Waals surface area contributed by atoms with Gasteiger partial charge in [0.1, 0.15) is 10.0 Å². The molecule has 3 aromatic rings. The second-order valence-corrected chi connectivity index (χ2v) is 8.92. The van der Waals surface area contributed by atoms with Crippen LogP contribution in [0, 0.1) is 6.92 Å². The highest BCUT2D eigenvalue weighted by molar-refractivity contribution is 7.19. The van der Waals surface area contributed by atoms with Crippen LogP contribution in [0.25, 0.3) is 10.6 Å². The minimum atomic E-state index is -1.18. The molecule has 8 nitrogen and oxygen atoms in total. The average Bonchev–Trinajstić information content (AvgIpc) is 3.20. The number of aromatic nitrogens is 2. The quantitative estimate of drug-likeness (QED) is 0.594. The van der Waals surface area contributed by atoms with Crippen LogP contribution >= 0.6 is 11.3 Å². The van der Waals surface area contributed by atoms with Crippen molar-refractivity contribution < 1.29 is 14.7 Å². The number of benzene rings is 1. The molecule has 1 aliphatic heterocycles. The number of pyridine rings is 1. The average molecular weight is 452 g/mol. The Morgan fingerprint density at radius 2 is 1.84 bits per heavy atom. The molecule has 1 aliphatic rings. The number of amides is 1. The number of hydrogen-bond acceptors (Lipinski definition) is 7. The molecule has 1 fully saturated rings. The number of carbonyl (C=O) groups excluding carboxylic acids is 1. The maximum absolute atomic E-state index is 12.8. The lowest BCUT2D eigenvalue weighted by atomic mass is 10.1. The number of carbonyl (C=O) groups is 2. The number of nitrogens with one attached hydrogen (secondary N) is 1. The zero-order valence-electron chi connectivity index (χ0n) is 18.0. The molecule has 0 spiro atoms. The fourth-order valence-corrected chi connectivity index (χ4v) is 4.62. The summed E-state index contributed by atoms with van der Waals surface area (Å²) < 4.78 is 0. The number of rotatable bonds is 6. The number of likely N-dealkylation sites (N-methyl/N-ethyl adjacent to an activating group) is 1. The predicted molar refractivity (Wildman–Crippen MR) is 124 cm³/mol. The largest absolute Gasteiger partial charge is 0.476 e. The van der Waals surface area contributed by atoms with Gasteiger partial charge in [-0.2, -0.15) is 0 Å². The summed E-state index contributed by atoms with van der Waals surface area (Å²) in [7, 11) is 2.13. The highest BCUT2D eigenvalue weighted by Gasteiger charge is 2.21. The number of anilines is 1. The van der Waals surface area contributed by atoms with E-state index < -0.39 is 5.97 Å². The Labute approximate surface area is 190 Å². The van der Waals surface area contributed by atoms with Gasteiger partial charge in [-0.05, 0) is 43.3 Å². The maximum Gasteiger partial charge on any atom is 0.357 e. The van der Waals surface area contributed by atoms with Crippen molar-refractivity contribution >= 4 is 28.2 Å². The van der Waals surface area contributed by atoms with Crippen LogP contribution in [0.4, 0.5) is 5.00 Å². The smallest absolute Gasteiger partial charge is 0.357 e. The standard InChI is InChI=1S/C23H25N5O3S/c1-15-13-24-8-7-18(15)21-25-19(23(30)31)22(32-21)26-20(29)17-5-3-16(4-6-17)14-28-11-9-27(2)10-12-28/h3-8,13H,9-12,14H2,1-2H3,(H,26,29)(H,30,31). The van der Waals surface area contributed by atoms with Gasteiger partial charge in [0.2, 0.25) is 0 Å². The molecule has 166 valence electrons. The first kappa shape index (κ1) is 22.1. The van der Waals surface area contributed by atoms with E-state index in [1.165, 1.54) is 0 Å². The van der Waals surface area contributed by atoms with Gasteiger partial charge in [0.15, 0.2) is 5.69 Å². The Morgan fingerprint density at radius 3 is 2.50 bits per heavy atom. The van der Waals surface area contributed by atoms with E-state index in [9.17, 15) is 14.7 Å². The van der Waals surface area contributed by atoms with Crippen LogP contribution in [0.2, 0.25) is 0 Å². The van der Waals surface area contributed by atoms with Crippen LogP contribution < -0.4 is 5.32 Å². The molecule has 0 saturated carbocycles. The van der Waals surface area contributed by atoms with Crippen LogP contribution in [0.3, 0.4) is 0 Å². The number of carboxylic acid groups (broad SMARTS) is 1. The van der Waals surface area contributed by atoms with Crippen LogP contribution in [-0.2, 0) is 6.54 Å². The Bertz CT molecular complexity index is 1120. The van der Waals surface area contributed by atoms with Gasteiger partial charge < -0.3 is 15.3 Å². The Kier molecular flexibility index (Phi) is 6.59. The fraction of sp³-hybridized carbons (Fsp3) is 0.304. The molecule has 0 bridgehead atoms. The van der Waals surface area contributed by atoms with Crippen molar-refractivity contribution in [2.45, 2.75) is 13.5 Å². The van der Waals surface area contributed by atoms with E-state index in [0.717, 1.165) is 60.8 Å². The Morgan fingerprint density at radius 1 is 1.12 bits per heavy atom. The lowest BCUT2D eigenvalue weighted by Gasteiger charge is -2.32. The van der Waals surface area contributed by atoms with Gasteiger partial charge >= 0.3 is 5.97 Å². The lowest BCUT2D eigenvalue weighted by molar-refractivity contribution is 0.0692. The van der Waals surface area contributed by atoms with E-state index in [1.54, 1.807) is 30.6 Å². The van der Waals surface area contributed by atoms with Crippen LogP contribution in [0.15, 0.2) is 42.7 Å². The zero-order valence-corrected chi connectivity index (χ0v) is 18.9. The SMILES string of the molecule is Cc1cnccc1-c1nc(C(=O)O)c(NC(=O)c2ccc(CN3CCN(C)CC3)cc2)s1. The molecule has 0 unspecified atom stereocenters. The Hall–Kier alpha value is -3.14. The number of aromatic carboxylic acids is 1. The van der Waals surface area contributed by atoms with E-state index in [2.05, 4.69) is 32.1 Å². The van der Waals surface area contributed by atoms with Crippen molar-refractivity contribution in [3.05, 3.63) is 65.1 Å². The molecule has 1 amide bonds. The summed E-state index contributed by atoms with van der Waals surface area (Å²) in [5, 5.41) is 13.0. The number of carboxylic acids is 1. The molecule has 2 N–H and O–H groups in total. The molecule has 9 heteroatoms. The van der Waals surface area contributed by atoms with E-state index in [1.807, 2.05) is 19.1 Å². The predicted octanol–water partition coefficient (Wildman–Crippen LogP) is 3.21. The van der Waals surface area contributed by atoms with Crippen molar-refractivity contribution in [3.8, 4) is 10.6 Å². The zero-order chi connectivity index (χ0) is 22.7. The third-order valence-electron chi connectivity index (χ3n) is 5.53. The number of hydrogen-bond donors (Lipinski definition) is 2. The molecular formula is C23H25N5O3S. The van der Waals surface area contributed by atoms with Crippen LogP contribution in [0.1, 0.15) is 32.0 Å². The summed E-state index contributed by atoms with van der Waals surface area (Å²) in [4.78, 5) is 37.5. The molecular weight excluding hydrogens is 426 g/mol. The molecule has 1 aromatic carbocycles. The number of nitrogens with zero attached hydrogens (tertiary/aromatic N) is 4. The molecule has 3 heterocycles. The number of aryl methyl sites for hydroxylation is 1. The van der Waals surface area contributed by atoms with Crippen molar-refractivity contribution in [2.75, 3.05) is 38.5 Å². The molecule has 2 aromatic heterocycles. The fourth-order valence-electron chi connectivity index (χ4n) is 3.58. The highest BCUT2D eigenvalue weighted by atomic mass is 32.1. The number of piperazine rings is 1. The third-order valence-corrected chi connectivity index (χ3v) is 6.53. The van der Waals surface area contributed by atoms with Gasteiger partial charge in [-0.15, -0.1) is 0 Å². The summed E-state index contributed by atoms with van der Waals surface area (Å²) in [6.45, 7) is 6.90. The van der Waals surface area contributed by atoms with Crippen molar-refractivity contribution in [2.24, 2.45) is 0 Å². The van der Waals surface area contributed by atoms with Crippen LogP contribution in [-0.4, -0.2) is 70.0 Å². The minimum absolute atomic E-state index is 0.166. The van der Waals surface area contributed by atoms with Gasteiger partial charge in [0.25, 0.3) is 5.91 Å². The van der Waals surface area contributed by atoms with E-state index in [0.29, 0.717) is 10.6 Å². The molecule has 0 aliphatic carbocycles. The first-order chi connectivity index (χ1) is 15.4. The van der Waals surface area contributed by atoms with Gasteiger partial charge in [-0.25, -0.2) is 9.78 Å². The monoisotopic (exact) mass is 451 g/mol. The first-order valence-corrected chi connectivity index (χ1v) is 11.2. The molecule has 0 atom stereocenters. The molecule has 1 saturated heterocycles. The van der Waals surface area contributed by atoms with Crippen molar-refractivity contribution in [1.29, 1.82) is 0 Å². The second-order valence-electron chi connectivity index (χ2n) is 7.92. The van der Waals surface area contributed by atoms with Gasteiger partial charge in [-0.3, -0.25) is 14.7 Å². The summed E-state index contributed by atoms with van der Waals surface area (Å²) in [5.41, 5.74) is 3.12. The minimum Gasteiger partial charge on any atom is -0.476 e. The van der Waals surface area contributed by atoms with E-state index in [-0.39, 0.29) is 16.6 Å². The maximum atomic E-state index is 12.8. The van der Waals surface area contributed by atoms with E-state index >= 15 is 0 Å². The molecule has 0 radical (unpaired) electrons. The highest BCUT2D eigenvalue weighted by Crippen LogP contribution is 2.33. The Balaban J connectivity index is 1.47. The van der Waals surface area contributed by atoms with Gasteiger partial charge in [0.05, 0.1) is 0 Å². The second kappa shape index (κ2) is 9.56. The van der Waals surface area contributed by atoms with Crippen LogP contribution in [0.5, 0.6) is 0 Å². The van der Waals surface area contributed by atoms with Gasteiger partial charge in [-0.1, -0.05) is 23.5 Å². The van der Waals surface area contributed by atoms with Gasteiger partial charge in [0, 0.05) is 56.2 Å².